The van der Waals surface area contributed by atoms with E-state index in [1.165, 1.54) is 18.2 Å². The van der Waals surface area contributed by atoms with Crippen molar-refractivity contribution in [1.29, 1.82) is 0 Å². The highest BCUT2D eigenvalue weighted by molar-refractivity contribution is 5.89. The summed E-state index contributed by atoms with van der Waals surface area (Å²) in [7, 11) is 1.43. The second-order valence-corrected chi connectivity index (χ2v) is 10.6. The minimum Gasteiger partial charge on any atom is -0.508 e. The maximum atomic E-state index is 13.3. The molecule has 0 bridgehead atoms. The van der Waals surface area contributed by atoms with Gasteiger partial charge in [-0.1, -0.05) is 25.1 Å². The number of hydrogen-bond donors (Lipinski definition) is 1. The Morgan fingerprint density at radius 2 is 1.85 bits per heavy atom. The number of ketones is 1. The van der Waals surface area contributed by atoms with E-state index in [0.717, 1.165) is 50.5 Å². The van der Waals surface area contributed by atoms with Crippen LogP contribution in [0.3, 0.4) is 0 Å². The lowest BCUT2D eigenvalue weighted by molar-refractivity contribution is -0.128. The number of carbonyl (C=O) groups is 2. The molecule has 174 valence electrons. The largest absolute Gasteiger partial charge is 0.508 e. The number of rotatable bonds is 5. The minimum atomic E-state index is -0.263. The molecule has 4 nitrogen and oxygen atoms in total. The van der Waals surface area contributed by atoms with Crippen LogP contribution in [-0.4, -0.2) is 24.0 Å². The summed E-state index contributed by atoms with van der Waals surface area (Å²) in [6.45, 7) is 2.39. The molecular weight excluding hydrogens is 412 g/mol. The number of methoxy groups -OCH3 is 1. The van der Waals surface area contributed by atoms with Gasteiger partial charge in [-0.25, -0.2) is 4.79 Å². The van der Waals surface area contributed by atoms with E-state index in [4.69, 9.17) is 4.74 Å². The van der Waals surface area contributed by atoms with Crippen LogP contribution in [0.15, 0.2) is 42.5 Å². The second kappa shape index (κ2) is 8.62. The van der Waals surface area contributed by atoms with Gasteiger partial charge in [-0.15, -0.1) is 0 Å². The van der Waals surface area contributed by atoms with Crippen molar-refractivity contribution in [2.45, 2.75) is 64.2 Å². The number of ether oxygens (including phenoxy) is 1. The number of Topliss-reactive ketones (excluding diaryl/α,β-unsaturated/α-hetero) is 1. The Morgan fingerprint density at radius 3 is 2.61 bits per heavy atom. The fourth-order valence-electron chi connectivity index (χ4n) is 7.46. The molecule has 2 fully saturated rings. The van der Waals surface area contributed by atoms with Gasteiger partial charge in [0.25, 0.3) is 0 Å². The van der Waals surface area contributed by atoms with Crippen molar-refractivity contribution in [1.82, 2.24) is 0 Å². The predicted octanol–water partition coefficient (Wildman–Crippen LogP) is 5.85. The van der Waals surface area contributed by atoms with Crippen LogP contribution >= 0.6 is 0 Å². The van der Waals surface area contributed by atoms with Crippen LogP contribution in [0.5, 0.6) is 5.75 Å². The molecule has 0 unspecified atom stereocenters. The normalized spacial score (nSPS) is 30.1. The number of phenols is 1. The standard InChI is InChI=1S/C29H34O4/c1-29-16-15-23-22-10-7-20(28(32)33-2)17-19(22)6-11-24(23)25(29)12-13-26(29)27(31)14-5-18-3-8-21(30)9-4-18/h3-4,7-10,17,23-26,30H,5-6,11-16H2,1-2H3/t23-,24-,25+,26-,29+/m1/s1. The van der Waals surface area contributed by atoms with Gasteiger partial charge >= 0.3 is 5.97 Å². The van der Waals surface area contributed by atoms with E-state index < -0.39 is 0 Å². The molecule has 1 N–H and O–H groups in total. The van der Waals surface area contributed by atoms with Crippen LogP contribution in [-0.2, 0) is 22.4 Å². The highest BCUT2D eigenvalue weighted by Gasteiger charge is 2.56. The van der Waals surface area contributed by atoms with E-state index >= 15 is 0 Å². The van der Waals surface area contributed by atoms with Crippen molar-refractivity contribution >= 4 is 11.8 Å². The van der Waals surface area contributed by atoms with Gasteiger partial charge in [-0.3, -0.25) is 4.79 Å². The Labute approximate surface area is 196 Å². The first kappa shape index (κ1) is 22.2. The third-order valence-corrected chi connectivity index (χ3v) is 9.13. The highest BCUT2D eigenvalue weighted by Crippen LogP contribution is 2.63. The first-order valence-corrected chi connectivity index (χ1v) is 12.4. The van der Waals surface area contributed by atoms with Crippen molar-refractivity contribution in [3.63, 3.8) is 0 Å². The Kier molecular flexibility index (Phi) is 5.80. The van der Waals surface area contributed by atoms with E-state index in [2.05, 4.69) is 13.0 Å². The van der Waals surface area contributed by atoms with E-state index in [0.29, 0.717) is 35.5 Å². The zero-order valence-electron chi connectivity index (χ0n) is 19.7. The number of carbonyl (C=O) groups excluding carboxylic acids is 2. The molecule has 3 aliphatic rings. The Balaban J connectivity index is 1.30. The lowest BCUT2D eigenvalue weighted by Gasteiger charge is -2.50. The molecule has 2 saturated carbocycles. The molecule has 3 aliphatic carbocycles. The average molecular weight is 447 g/mol. The van der Waals surface area contributed by atoms with Crippen LogP contribution in [0.1, 0.15) is 78.4 Å². The van der Waals surface area contributed by atoms with Crippen molar-refractivity contribution in [2.75, 3.05) is 7.11 Å². The van der Waals surface area contributed by atoms with Gasteiger partial charge in [0.2, 0.25) is 0 Å². The third-order valence-electron chi connectivity index (χ3n) is 9.13. The average Bonchev–Trinajstić information content (AvgIpc) is 3.19. The van der Waals surface area contributed by atoms with Crippen molar-refractivity contribution < 1.29 is 19.4 Å². The molecule has 0 aromatic heterocycles. The molecule has 5 rings (SSSR count). The van der Waals surface area contributed by atoms with Crippen molar-refractivity contribution in [3.05, 3.63) is 64.7 Å². The van der Waals surface area contributed by atoms with Gasteiger partial charge in [-0.2, -0.15) is 0 Å². The summed E-state index contributed by atoms with van der Waals surface area (Å²) >= 11 is 0. The van der Waals surface area contributed by atoms with Gasteiger partial charge in [0.1, 0.15) is 11.5 Å². The molecular formula is C29H34O4. The van der Waals surface area contributed by atoms with Gasteiger partial charge in [0.15, 0.2) is 0 Å². The SMILES string of the molecule is COC(=O)c1ccc2c(c1)CC[C@@H]1[C@@H]2CC[C@]2(C)[C@@H](C(=O)CCc3ccc(O)cc3)CC[C@@H]12. The summed E-state index contributed by atoms with van der Waals surface area (Å²) in [6, 6.07) is 13.3. The number of fused-ring (bicyclic) bond motifs is 5. The number of hydrogen-bond acceptors (Lipinski definition) is 4. The smallest absolute Gasteiger partial charge is 0.337 e. The Morgan fingerprint density at radius 1 is 1.06 bits per heavy atom. The number of esters is 1. The van der Waals surface area contributed by atoms with Crippen LogP contribution in [0.25, 0.3) is 0 Å². The summed E-state index contributed by atoms with van der Waals surface area (Å²) < 4.78 is 4.91. The topological polar surface area (TPSA) is 63.6 Å². The summed E-state index contributed by atoms with van der Waals surface area (Å²) in [4.78, 5) is 25.3. The summed E-state index contributed by atoms with van der Waals surface area (Å²) in [5.41, 5.74) is 4.59. The molecule has 0 spiro atoms. The molecule has 33 heavy (non-hydrogen) atoms. The first-order valence-electron chi connectivity index (χ1n) is 12.4. The van der Waals surface area contributed by atoms with E-state index in [-0.39, 0.29) is 23.1 Å². The molecule has 2 aromatic carbocycles. The molecule has 0 aliphatic heterocycles. The Bertz CT molecular complexity index is 1060. The molecule has 0 radical (unpaired) electrons. The molecule has 0 amide bonds. The molecule has 0 heterocycles. The molecule has 5 atom stereocenters. The first-order chi connectivity index (χ1) is 15.9. The van der Waals surface area contributed by atoms with Crippen LogP contribution < -0.4 is 0 Å². The third kappa shape index (κ3) is 3.88. The lowest BCUT2D eigenvalue weighted by atomic mass is 9.53. The molecule has 4 heteroatoms. The van der Waals surface area contributed by atoms with Gasteiger partial charge in [-0.05, 0) is 109 Å². The van der Waals surface area contributed by atoms with Crippen molar-refractivity contribution in [3.8, 4) is 5.75 Å². The quantitative estimate of drug-likeness (QED) is 0.585. The highest BCUT2D eigenvalue weighted by atomic mass is 16.5. The van der Waals surface area contributed by atoms with E-state index in [1.807, 2.05) is 24.3 Å². The Hall–Kier alpha value is -2.62. The van der Waals surface area contributed by atoms with Gasteiger partial charge < -0.3 is 9.84 Å². The van der Waals surface area contributed by atoms with Crippen LogP contribution in [0.2, 0.25) is 0 Å². The zero-order valence-corrected chi connectivity index (χ0v) is 19.7. The number of phenolic OH excluding ortho intramolecular Hbond substituents is 1. The molecule has 0 saturated heterocycles. The maximum absolute atomic E-state index is 13.3. The maximum Gasteiger partial charge on any atom is 0.337 e. The number of benzene rings is 2. The minimum absolute atomic E-state index is 0.108. The second-order valence-electron chi connectivity index (χ2n) is 10.6. The predicted molar refractivity (Wildman–Crippen MR) is 127 cm³/mol. The summed E-state index contributed by atoms with van der Waals surface area (Å²) in [5, 5.41) is 9.49. The summed E-state index contributed by atoms with van der Waals surface area (Å²) in [5.74, 6) is 2.38. The number of aromatic hydroxyl groups is 1. The fourth-order valence-corrected chi connectivity index (χ4v) is 7.46. The lowest BCUT2D eigenvalue weighted by Crippen LogP contribution is -2.44. The van der Waals surface area contributed by atoms with E-state index in [9.17, 15) is 14.7 Å². The monoisotopic (exact) mass is 446 g/mol. The summed E-state index contributed by atoms with van der Waals surface area (Å²) in [6.07, 6.45) is 7.90. The van der Waals surface area contributed by atoms with Crippen LogP contribution in [0.4, 0.5) is 0 Å². The van der Waals surface area contributed by atoms with Crippen LogP contribution in [0, 0.1) is 23.2 Å². The number of aryl methyl sites for hydroxylation is 2. The van der Waals surface area contributed by atoms with E-state index in [1.54, 1.807) is 12.1 Å². The zero-order chi connectivity index (χ0) is 23.2. The van der Waals surface area contributed by atoms with Gasteiger partial charge in [0, 0.05) is 12.3 Å². The molecule has 2 aromatic rings. The van der Waals surface area contributed by atoms with Crippen molar-refractivity contribution in [2.24, 2.45) is 23.2 Å². The fraction of sp³-hybridized carbons (Fsp3) is 0.517. The van der Waals surface area contributed by atoms with Gasteiger partial charge in [0.05, 0.1) is 12.7 Å².